The highest BCUT2D eigenvalue weighted by Crippen LogP contribution is 2.21. The van der Waals surface area contributed by atoms with E-state index in [1.54, 1.807) is 5.32 Å². The SMILES string of the molecule is C[C@@H](NC(=O)NCC(F)(F)C(F)F)C(=O)O. The molecule has 0 spiro atoms. The second-order valence-electron chi connectivity index (χ2n) is 2.95. The van der Waals surface area contributed by atoms with Crippen molar-refractivity contribution in [3.05, 3.63) is 0 Å². The Balaban J connectivity index is 4.04. The molecule has 1 atom stereocenters. The average Bonchev–Trinajstić information content (AvgIpc) is 2.14. The van der Waals surface area contributed by atoms with Gasteiger partial charge in [-0.1, -0.05) is 0 Å². The van der Waals surface area contributed by atoms with Crippen molar-refractivity contribution >= 4 is 12.0 Å². The number of carboxylic acids is 1. The molecule has 5 nitrogen and oxygen atoms in total. The summed E-state index contributed by atoms with van der Waals surface area (Å²) in [5.74, 6) is -5.72. The summed E-state index contributed by atoms with van der Waals surface area (Å²) >= 11 is 0. The van der Waals surface area contributed by atoms with Crippen LogP contribution in [0.2, 0.25) is 0 Å². The lowest BCUT2D eigenvalue weighted by molar-refractivity contribution is -0.138. The number of carbonyl (C=O) groups excluding carboxylic acids is 1. The molecular weight excluding hydrogens is 236 g/mol. The summed E-state index contributed by atoms with van der Waals surface area (Å²) in [5, 5.41) is 11.5. The topological polar surface area (TPSA) is 78.4 Å². The van der Waals surface area contributed by atoms with E-state index in [0.717, 1.165) is 6.92 Å². The van der Waals surface area contributed by atoms with Gasteiger partial charge in [0.05, 0.1) is 6.54 Å². The van der Waals surface area contributed by atoms with E-state index in [1.165, 1.54) is 5.32 Å². The Morgan fingerprint density at radius 2 is 1.88 bits per heavy atom. The van der Waals surface area contributed by atoms with Crippen LogP contribution in [0.3, 0.4) is 0 Å². The number of alkyl halides is 4. The standard InChI is InChI=1S/C7H10F4N2O3/c1-3(4(14)15)13-6(16)12-2-7(10,11)5(8)9/h3,5H,2H2,1H3,(H,14,15)(H2,12,13,16)/t3-/m1/s1. The van der Waals surface area contributed by atoms with Gasteiger partial charge in [0.2, 0.25) is 0 Å². The Bertz CT molecular complexity index is 272. The highest BCUT2D eigenvalue weighted by atomic mass is 19.3. The van der Waals surface area contributed by atoms with Crippen LogP contribution in [-0.2, 0) is 4.79 Å². The minimum absolute atomic E-state index is 1.09. The van der Waals surface area contributed by atoms with Crippen molar-refractivity contribution in [3.8, 4) is 0 Å². The molecule has 0 fully saturated rings. The van der Waals surface area contributed by atoms with Crippen molar-refractivity contribution in [2.75, 3.05) is 6.54 Å². The van der Waals surface area contributed by atoms with Crippen LogP contribution in [0.15, 0.2) is 0 Å². The first-order valence-corrected chi connectivity index (χ1v) is 4.10. The van der Waals surface area contributed by atoms with Crippen LogP contribution in [-0.4, -0.2) is 42.0 Å². The van der Waals surface area contributed by atoms with E-state index in [1.807, 2.05) is 0 Å². The zero-order chi connectivity index (χ0) is 12.9. The van der Waals surface area contributed by atoms with Gasteiger partial charge in [-0.2, -0.15) is 8.78 Å². The number of nitrogens with one attached hydrogen (secondary N) is 2. The molecule has 0 bridgehead atoms. The molecule has 0 saturated carbocycles. The highest BCUT2D eigenvalue weighted by Gasteiger charge is 2.40. The van der Waals surface area contributed by atoms with Crippen molar-refractivity contribution < 1.29 is 32.3 Å². The molecule has 0 aliphatic rings. The zero-order valence-electron chi connectivity index (χ0n) is 8.14. The van der Waals surface area contributed by atoms with Crippen LogP contribution in [0.4, 0.5) is 22.4 Å². The molecule has 0 unspecified atom stereocenters. The van der Waals surface area contributed by atoms with Gasteiger partial charge in [0.15, 0.2) is 0 Å². The summed E-state index contributed by atoms with van der Waals surface area (Å²) < 4.78 is 47.9. The predicted octanol–water partition coefficient (Wildman–Crippen LogP) is 0.659. The first-order chi connectivity index (χ1) is 7.16. The van der Waals surface area contributed by atoms with Gasteiger partial charge < -0.3 is 15.7 Å². The van der Waals surface area contributed by atoms with Crippen molar-refractivity contribution in [2.24, 2.45) is 0 Å². The fourth-order valence-corrected chi connectivity index (χ4v) is 0.585. The molecule has 0 rings (SSSR count). The van der Waals surface area contributed by atoms with E-state index in [9.17, 15) is 27.2 Å². The fraction of sp³-hybridized carbons (Fsp3) is 0.714. The molecule has 0 aromatic rings. The van der Waals surface area contributed by atoms with Gasteiger partial charge >= 0.3 is 24.3 Å². The Kier molecular flexibility index (Phi) is 4.99. The quantitative estimate of drug-likeness (QED) is 0.623. The van der Waals surface area contributed by atoms with Gasteiger partial charge in [0.1, 0.15) is 6.04 Å². The lowest BCUT2D eigenvalue weighted by Gasteiger charge is -2.16. The Morgan fingerprint density at radius 3 is 2.25 bits per heavy atom. The molecular formula is C7H10F4N2O3. The second kappa shape index (κ2) is 5.52. The fourth-order valence-electron chi connectivity index (χ4n) is 0.585. The number of carboxylic acid groups (broad SMARTS) is 1. The molecule has 0 aliphatic heterocycles. The number of hydrogen-bond acceptors (Lipinski definition) is 2. The smallest absolute Gasteiger partial charge is 0.325 e. The summed E-state index contributed by atoms with van der Waals surface area (Å²) in [7, 11) is 0. The largest absolute Gasteiger partial charge is 0.480 e. The number of amides is 2. The van der Waals surface area contributed by atoms with Gasteiger partial charge in [0, 0.05) is 0 Å². The lowest BCUT2D eigenvalue weighted by Crippen LogP contribution is -2.49. The number of carbonyl (C=O) groups is 2. The lowest BCUT2D eigenvalue weighted by atomic mass is 10.3. The maximum Gasteiger partial charge on any atom is 0.325 e. The van der Waals surface area contributed by atoms with Crippen LogP contribution >= 0.6 is 0 Å². The average molecular weight is 246 g/mol. The van der Waals surface area contributed by atoms with Crippen LogP contribution < -0.4 is 10.6 Å². The van der Waals surface area contributed by atoms with Gasteiger partial charge in [-0.05, 0) is 6.92 Å². The van der Waals surface area contributed by atoms with E-state index in [-0.39, 0.29) is 0 Å². The van der Waals surface area contributed by atoms with Gasteiger partial charge in [-0.25, -0.2) is 13.6 Å². The summed E-state index contributed by atoms with van der Waals surface area (Å²) in [5.41, 5.74) is 0. The molecule has 0 saturated heterocycles. The van der Waals surface area contributed by atoms with Gasteiger partial charge in [0.25, 0.3) is 0 Å². The summed E-state index contributed by atoms with van der Waals surface area (Å²) in [6.07, 6.45) is -3.90. The molecule has 9 heteroatoms. The van der Waals surface area contributed by atoms with Crippen molar-refractivity contribution in [1.82, 2.24) is 10.6 Å². The number of hydrogen-bond donors (Lipinski definition) is 3. The maximum absolute atomic E-state index is 12.3. The van der Waals surface area contributed by atoms with Gasteiger partial charge in [-0.15, -0.1) is 0 Å². The zero-order valence-corrected chi connectivity index (χ0v) is 8.14. The Labute approximate surface area is 87.8 Å². The Hall–Kier alpha value is -1.54. The third-order valence-corrected chi connectivity index (χ3v) is 1.52. The maximum atomic E-state index is 12.3. The van der Waals surface area contributed by atoms with Crippen LogP contribution in [0, 0.1) is 0 Å². The molecule has 0 radical (unpaired) electrons. The minimum atomic E-state index is -4.34. The minimum Gasteiger partial charge on any atom is -0.480 e. The normalized spacial score (nSPS) is 13.4. The molecule has 0 aliphatic carbocycles. The summed E-state index contributed by atoms with van der Waals surface area (Å²) in [6.45, 7) is -0.476. The number of rotatable bonds is 5. The monoisotopic (exact) mass is 246 g/mol. The molecule has 0 aromatic heterocycles. The number of aliphatic carboxylic acids is 1. The van der Waals surface area contributed by atoms with Gasteiger partial charge in [-0.3, -0.25) is 4.79 Å². The highest BCUT2D eigenvalue weighted by molar-refractivity contribution is 5.82. The summed E-state index contributed by atoms with van der Waals surface area (Å²) in [6, 6.07) is -2.56. The third-order valence-electron chi connectivity index (χ3n) is 1.52. The van der Waals surface area contributed by atoms with Crippen molar-refractivity contribution in [1.29, 1.82) is 0 Å². The van der Waals surface area contributed by atoms with E-state index in [4.69, 9.17) is 5.11 Å². The van der Waals surface area contributed by atoms with E-state index in [2.05, 4.69) is 0 Å². The third kappa shape index (κ3) is 4.80. The van der Waals surface area contributed by atoms with Crippen LogP contribution in [0.5, 0.6) is 0 Å². The second-order valence-corrected chi connectivity index (χ2v) is 2.95. The van der Waals surface area contributed by atoms with Crippen LogP contribution in [0.25, 0.3) is 0 Å². The van der Waals surface area contributed by atoms with Crippen molar-refractivity contribution in [3.63, 3.8) is 0 Å². The van der Waals surface area contributed by atoms with E-state index < -0.39 is 36.9 Å². The molecule has 3 N–H and O–H groups in total. The molecule has 0 heterocycles. The van der Waals surface area contributed by atoms with E-state index >= 15 is 0 Å². The molecule has 94 valence electrons. The van der Waals surface area contributed by atoms with Crippen LogP contribution in [0.1, 0.15) is 6.92 Å². The first kappa shape index (κ1) is 14.5. The number of halogens is 4. The molecule has 0 aromatic carbocycles. The van der Waals surface area contributed by atoms with E-state index in [0.29, 0.717) is 0 Å². The predicted molar refractivity (Wildman–Crippen MR) is 44.6 cm³/mol. The first-order valence-electron chi connectivity index (χ1n) is 4.10. The molecule has 16 heavy (non-hydrogen) atoms. The number of urea groups is 1. The molecule has 2 amide bonds. The Morgan fingerprint density at radius 1 is 1.38 bits per heavy atom. The van der Waals surface area contributed by atoms with Crippen molar-refractivity contribution in [2.45, 2.75) is 25.3 Å². The summed E-state index contributed by atoms with van der Waals surface area (Å²) in [4.78, 5) is 21.0.